The second-order valence-corrected chi connectivity index (χ2v) is 12.9. The van der Waals surface area contributed by atoms with Crippen LogP contribution in [-0.4, -0.2) is 66.1 Å². The Kier molecular flexibility index (Phi) is 7.68. The Bertz CT molecular complexity index is 1110. The lowest BCUT2D eigenvalue weighted by Crippen LogP contribution is -2.49. The molecule has 35 heavy (non-hydrogen) atoms. The van der Waals surface area contributed by atoms with Crippen LogP contribution in [0.15, 0.2) is 30.5 Å². The van der Waals surface area contributed by atoms with Crippen molar-refractivity contribution in [1.82, 2.24) is 25.1 Å². The van der Waals surface area contributed by atoms with Gasteiger partial charge in [-0.2, -0.15) is 0 Å². The van der Waals surface area contributed by atoms with Crippen LogP contribution >= 0.6 is 11.6 Å². The first-order valence-corrected chi connectivity index (χ1v) is 13.7. The maximum atomic E-state index is 13.5. The van der Waals surface area contributed by atoms with E-state index in [9.17, 15) is 13.8 Å². The maximum Gasteiger partial charge on any atom is 0.287 e. The third-order valence-electron chi connectivity index (χ3n) is 6.86. The van der Waals surface area contributed by atoms with Crippen LogP contribution in [0.1, 0.15) is 66.7 Å². The Morgan fingerprint density at radius 3 is 2.60 bits per heavy atom. The number of benzene rings is 1. The van der Waals surface area contributed by atoms with Gasteiger partial charge in [0.1, 0.15) is 5.69 Å². The molecule has 10 heteroatoms. The number of nitrogens with zero attached hydrogens (tertiary/aromatic N) is 3. The van der Waals surface area contributed by atoms with Gasteiger partial charge in [0.15, 0.2) is 5.82 Å². The lowest BCUT2D eigenvalue weighted by molar-refractivity contribution is 0.0698. The first kappa shape index (κ1) is 25.9. The van der Waals surface area contributed by atoms with E-state index in [-0.39, 0.29) is 27.1 Å². The fraction of sp³-hybridized carbons (Fsp3) is 0.560. The van der Waals surface area contributed by atoms with E-state index in [0.717, 1.165) is 37.9 Å². The minimum absolute atomic E-state index is 0.158. The summed E-state index contributed by atoms with van der Waals surface area (Å²) in [6.07, 6.45) is 4.03. The summed E-state index contributed by atoms with van der Waals surface area (Å²) in [6, 6.07) is 7.25. The van der Waals surface area contributed by atoms with Gasteiger partial charge in [0.05, 0.1) is 10.9 Å². The zero-order chi connectivity index (χ0) is 25.2. The number of carbonyl (C=O) groups is 2. The molecule has 0 spiro atoms. The maximum absolute atomic E-state index is 13.5. The van der Waals surface area contributed by atoms with Crippen LogP contribution in [0.2, 0.25) is 5.02 Å². The summed E-state index contributed by atoms with van der Waals surface area (Å²) in [4.78, 5) is 32.1. The summed E-state index contributed by atoms with van der Waals surface area (Å²) in [7, 11) is -1.06. The van der Waals surface area contributed by atoms with Gasteiger partial charge in [-0.05, 0) is 63.9 Å². The van der Waals surface area contributed by atoms with Gasteiger partial charge < -0.3 is 20.1 Å². The molecule has 1 atom stereocenters. The standard InChI is InChI=1S/C25H34ClN5O3S/c1-4-27-12-11-24(2,3)35(34)25(9-10-25)17-30-13-14-31-20(23(30)33)16-28-21(31)22(32)29-15-18-5-7-19(26)8-6-18/h5-8,16,27H,4,9-15,17H2,1-3H3,(H,29,32). The van der Waals surface area contributed by atoms with Crippen molar-refractivity contribution in [3.05, 3.63) is 52.6 Å². The predicted octanol–water partition coefficient (Wildman–Crippen LogP) is 2.98. The van der Waals surface area contributed by atoms with Gasteiger partial charge >= 0.3 is 0 Å². The number of imidazole rings is 1. The van der Waals surface area contributed by atoms with Crippen molar-refractivity contribution in [2.24, 2.45) is 0 Å². The lowest BCUT2D eigenvalue weighted by atomic mass is 10.1. The average Bonchev–Trinajstić information content (AvgIpc) is 3.48. The quantitative estimate of drug-likeness (QED) is 0.445. The molecular formula is C25H34ClN5O3S. The monoisotopic (exact) mass is 519 g/mol. The van der Waals surface area contributed by atoms with Crippen LogP contribution in [0.4, 0.5) is 0 Å². The Morgan fingerprint density at radius 1 is 1.23 bits per heavy atom. The third kappa shape index (κ3) is 5.62. The molecule has 1 fully saturated rings. The highest BCUT2D eigenvalue weighted by Gasteiger charge is 2.54. The number of halogens is 1. The number of amides is 2. The van der Waals surface area contributed by atoms with Crippen LogP contribution in [0, 0.1) is 0 Å². The molecule has 2 aliphatic rings. The Morgan fingerprint density at radius 2 is 1.94 bits per heavy atom. The van der Waals surface area contributed by atoms with E-state index in [4.69, 9.17) is 11.6 Å². The molecule has 0 radical (unpaired) electrons. The number of hydrogen-bond acceptors (Lipinski definition) is 5. The molecule has 1 aromatic carbocycles. The highest BCUT2D eigenvalue weighted by Crippen LogP contribution is 2.47. The first-order valence-electron chi connectivity index (χ1n) is 12.2. The van der Waals surface area contributed by atoms with Crippen molar-refractivity contribution in [3.8, 4) is 0 Å². The minimum Gasteiger partial charge on any atom is -0.345 e. The van der Waals surface area contributed by atoms with Gasteiger partial charge in [0.2, 0.25) is 0 Å². The van der Waals surface area contributed by atoms with Crippen LogP contribution < -0.4 is 10.6 Å². The molecule has 2 aromatic rings. The largest absolute Gasteiger partial charge is 0.345 e. The van der Waals surface area contributed by atoms with E-state index in [1.54, 1.807) is 21.6 Å². The van der Waals surface area contributed by atoms with E-state index in [1.165, 1.54) is 6.20 Å². The summed E-state index contributed by atoms with van der Waals surface area (Å²) in [5.41, 5.74) is 1.33. The summed E-state index contributed by atoms with van der Waals surface area (Å²) in [5, 5.41) is 6.82. The summed E-state index contributed by atoms with van der Waals surface area (Å²) in [5.74, 6) is -0.250. The Balaban J connectivity index is 1.39. The molecule has 2 heterocycles. The van der Waals surface area contributed by atoms with Crippen molar-refractivity contribution < 1.29 is 13.8 Å². The topological polar surface area (TPSA) is 96.3 Å². The van der Waals surface area contributed by atoms with Crippen molar-refractivity contribution >= 4 is 34.2 Å². The molecule has 8 nitrogen and oxygen atoms in total. The molecule has 2 N–H and O–H groups in total. The fourth-order valence-corrected chi connectivity index (χ4v) is 6.92. The summed E-state index contributed by atoms with van der Waals surface area (Å²) < 4.78 is 14.6. The summed E-state index contributed by atoms with van der Waals surface area (Å²) in [6.45, 7) is 9.68. The molecule has 0 saturated heterocycles. The minimum atomic E-state index is -1.06. The van der Waals surface area contributed by atoms with Crippen LogP contribution in [0.5, 0.6) is 0 Å². The fourth-order valence-electron chi connectivity index (χ4n) is 4.59. The van der Waals surface area contributed by atoms with Crippen LogP contribution in [0.25, 0.3) is 0 Å². The van der Waals surface area contributed by atoms with E-state index in [2.05, 4.69) is 36.4 Å². The Hall–Kier alpha value is -2.23. The van der Waals surface area contributed by atoms with Crippen molar-refractivity contribution in [2.45, 2.75) is 62.6 Å². The molecule has 4 rings (SSSR count). The predicted molar refractivity (Wildman–Crippen MR) is 138 cm³/mol. The third-order valence-corrected chi connectivity index (χ3v) is 9.64. The number of carbonyl (C=O) groups excluding carboxylic acids is 2. The van der Waals surface area contributed by atoms with Crippen molar-refractivity contribution in [3.63, 3.8) is 0 Å². The van der Waals surface area contributed by atoms with E-state index in [0.29, 0.717) is 36.9 Å². The smallest absolute Gasteiger partial charge is 0.287 e. The van der Waals surface area contributed by atoms with Gasteiger partial charge in [-0.25, -0.2) is 4.98 Å². The second kappa shape index (κ2) is 10.4. The second-order valence-electron chi connectivity index (χ2n) is 9.97. The van der Waals surface area contributed by atoms with Gasteiger partial charge in [-0.1, -0.05) is 30.7 Å². The van der Waals surface area contributed by atoms with Crippen LogP contribution in [-0.2, 0) is 23.9 Å². The molecule has 1 aliphatic carbocycles. The normalized spacial score (nSPS) is 17.7. The number of rotatable bonds is 11. The molecule has 0 bridgehead atoms. The van der Waals surface area contributed by atoms with Gasteiger partial charge in [-0.3, -0.25) is 13.8 Å². The molecule has 2 amide bonds. The number of nitrogens with one attached hydrogen (secondary N) is 2. The zero-order valence-electron chi connectivity index (χ0n) is 20.6. The van der Waals surface area contributed by atoms with Gasteiger partial charge in [-0.15, -0.1) is 0 Å². The Labute approximate surface area is 214 Å². The SMILES string of the molecule is CCNCCC(C)(C)S(=O)C1(CN2CCn3c(cnc3C(=O)NCc3ccc(Cl)cc3)C2=O)CC1. The number of fused-ring (bicyclic) bond motifs is 1. The first-order chi connectivity index (χ1) is 16.7. The van der Waals surface area contributed by atoms with E-state index >= 15 is 0 Å². The highest BCUT2D eigenvalue weighted by molar-refractivity contribution is 7.88. The van der Waals surface area contributed by atoms with Crippen molar-refractivity contribution in [1.29, 1.82) is 0 Å². The van der Waals surface area contributed by atoms with Gasteiger partial charge in [0, 0.05) is 46.7 Å². The zero-order valence-corrected chi connectivity index (χ0v) is 22.2. The molecule has 1 saturated carbocycles. The average molecular weight is 520 g/mol. The number of hydrogen-bond donors (Lipinski definition) is 2. The van der Waals surface area contributed by atoms with Crippen LogP contribution in [0.3, 0.4) is 0 Å². The molecule has 1 unspecified atom stereocenters. The number of aromatic nitrogens is 2. The molecular weight excluding hydrogens is 486 g/mol. The summed E-state index contributed by atoms with van der Waals surface area (Å²) >= 11 is 5.91. The lowest BCUT2D eigenvalue weighted by Gasteiger charge is -2.35. The molecule has 1 aliphatic heterocycles. The van der Waals surface area contributed by atoms with Gasteiger partial charge in [0.25, 0.3) is 11.8 Å². The highest BCUT2D eigenvalue weighted by atomic mass is 35.5. The molecule has 1 aromatic heterocycles. The molecule has 190 valence electrons. The van der Waals surface area contributed by atoms with E-state index < -0.39 is 10.8 Å². The van der Waals surface area contributed by atoms with Crippen molar-refractivity contribution in [2.75, 3.05) is 26.2 Å². The van der Waals surface area contributed by atoms with E-state index in [1.807, 2.05) is 12.1 Å².